The van der Waals surface area contributed by atoms with Gasteiger partial charge in [-0.1, -0.05) is 19.8 Å². The fraction of sp³-hybridized carbons (Fsp3) is 0.857. The van der Waals surface area contributed by atoms with Gasteiger partial charge in [-0.25, -0.2) is 9.79 Å². The van der Waals surface area contributed by atoms with E-state index < -0.39 is 11.7 Å². The lowest BCUT2D eigenvalue weighted by Crippen LogP contribution is -2.50. The average Bonchev–Trinajstić information content (AvgIpc) is 3.17. The Hall–Kier alpha value is -2.03. The first-order valence-electron chi connectivity index (χ1n) is 10.9. The van der Waals surface area contributed by atoms with Gasteiger partial charge in [0.25, 0.3) is 0 Å². The second-order valence-electron chi connectivity index (χ2n) is 8.93. The molecule has 0 aromatic heterocycles. The minimum atomic E-state index is -0.541. The molecule has 1 fully saturated rings. The molecular weight excluding hydrogens is 386 g/mol. The fourth-order valence-corrected chi connectivity index (χ4v) is 2.82. The van der Waals surface area contributed by atoms with Crippen molar-refractivity contribution in [1.82, 2.24) is 20.9 Å². The Balaban J connectivity index is 2.73. The van der Waals surface area contributed by atoms with Crippen molar-refractivity contribution >= 4 is 18.0 Å². The molecule has 0 aromatic rings. The van der Waals surface area contributed by atoms with Crippen LogP contribution >= 0.6 is 0 Å². The quantitative estimate of drug-likeness (QED) is 0.362. The van der Waals surface area contributed by atoms with Gasteiger partial charge in [0, 0.05) is 45.8 Å². The maximum atomic E-state index is 12.0. The second-order valence-corrected chi connectivity index (χ2v) is 8.93. The summed E-state index contributed by atoms with van der Waals surface area (Å²) in [5, 5.41) is 9.55. The minimum absolute atomic E-state index is 0.0296. The molecule has 2 amide bonds. The van der Waals surface area contributed by atoms with Crippen molar-refractivity contribution in [2.75, 3.05) is 46.9 Å². The molecule has 9 nitrogen and oxygen atoms in total. The first kappa shape index (κ1) is 26.0. The number of hydrogen-bond donors (Lipinski definition) is 3. The predicted octanol–water partition coefficient (Wildman–Crippen LogP) is 1.73. The molecule has 0 aromatic carbocycles. The number of likely N-dealkylation sites (N-methyl/N-ethyl adjacent to an activating group) is 1. The van der Waals surface area contributed by atoms with E-state index in [4.69, 9.17) is 9.47 Å². The molecule has 1 aliphatic heterocycles. The standard InChI is InChI=1S/C21H41N5O4/c1-7-8-9-17(13-24-20(28)30-21(2,3)4)25-19(23-14-18(27)26(5)6)22-12-16-10-11-29-15-16/h16-17H,7-15H2,1-6H3,(H,24,28)(H2,22,23,25). The normalized spacial score (nSPS) is 17.9. The van der Waals surface area contributed by atoms with Crippen LogP contribution in [0.5, 0.6) is 0 Å². The third-order valence-corrected chi connectivity index (χ3v) is 4.59. The molecule has 3 N–H and O–H groups in total. The van der Waals surface area contributed by atoms with E-state index >= 15 is 0 Å². The molecule has 0 aliphatic carbocycles. The van der Waals surface area contributed by atoms with Crippen LogP contribution in [0.4, 0.5) is 4.79 Å². The van der Waals surface area contributed by atoms with Crippen LogP contribution in [0, 0.1) is 5.92 Å². The van der Waals surface area contributed by atoms with E-state index in [1.807, 2.05) is 20.8 Å². The molecule has 9 heteroatoms. The van der Waals surface area contributed by atoms with Crippen LogP contribution in [0.3, 0.4) is 0 Å². The maximum absolute atomic E-state index is 12.0. The fourth-order valence-electron chi connectivity index (χ4n) is 2.82. The van der Waals surface area contributed by atoms with E-state index in [2.05, 4.69) is 27.9 Å². The summed E-state index contributed by atoms with van der Waals surface area (Å²) in [5.41, 5.74) is -0.541. The Kier molecular flexibility index (Phi) is 11.5. The molecule has 1 rings (SSSR count). The number of carbonyl (C=O) groups is 2. The maximum Gasteiger partial charge on any atom is 0.407 e. The van der Waals surface area contributed by atoms with E-state index in [0.29, 0.717) is 18.4 Å². The summed E-state index contributed by atoms with van der Waals surface area (Å²) in [6, 6.07) is -0.0296. The van der Waals surface area contributed by atoms with Crippen molar-refractivity contribution in [3.05, 3.63) is 0 Å². The van der Waals surface area contributed by atoms with Gasteiger partial charge in [0.1, 0.15) is 12.1 Å². The predicted molar refractivity (Wildman–Crippen MR) is 119 cm³/mol. The number of unbranched alkanes of at least 4 members (excludes halogenated alkanes) is 1. The van der Waals surface area contributed by atoms with Crippen molar-refractivity contribution in [2.45, 2.75) is 65.0 Å². The number of alkyl carbamates (subject to hydrolysis) is 1. The summed E-state index contributed by atoms with van der Waals surface area (Å²) in [6.07, 6.45) is 3.48. The van der Waals surface area contributed by atoms with Gasteiger partial charge in [0.15, 0.2) is 5.96 Å². The van der Waals surface area contributed by atoms with Gasteiger partial charge in [0.2, 0.25) is 5.91 Å². The zero-order chi connectivity index (χ0) is 22.6. The summed E-state index contributed by atoms with van der Waals surface area (Å²) in [7, 11) is 3.42. The Bertz CT molecular complexity index is 554. The highest BCUT2D eigenvalue weighted by atomic mass is 16.6. The number of guanidine groups is 1. The third kappa shape index (κ3) is 11.8. The lowest BCUT2D eigenvalue weighted by molar-refractivity contribution is -0.127. The molecule has 0 bridgehead atoms. The SMILES string of the molecule is CCCCC(CNC(=O)OC(C)(C)C)NC(=NCC(=O)N(C)C)NCC1CCOC1. The van der Waals surface area contributed by atoms with Crippen molar-refractivity contribution in [2.24, 2.45) is 10.9 Å². The molecular formula is C21H41N5O4. The Labute approximate surface area is 181 Å². The lowest BCUT2D eigenvalue weighted by Gasteiger charge is -2.24. The first-order chi connectivity index (χ1) is 14.1. The van der Waals surface area contributed by atoms with Crippen LogP contribution < -0.4 is 16.0 Å². The number of amides is 2. The van der Waals surface area contributed by atoms with Gasteiger partial charge in [-0.3, -0.25) is 4.79 Å². The Morgan fingerprint density at radius 2 is 2.00 bits per heavy atom. The molecule has 0 saturated carbocycles. The molecule has 2 unspecified atom stereocenters. The van der Waals surface area contributed by atoms with Crippen LogP contribution in [0.25, 0.3) is 0 Å². The average molecular weight is 428 g/mol. The van der Waals surface area contributed by atoms with Gasteiger partial charge >= 0.3 is 6.09 Å². The number of rotatable bonds is 10. The second kappa shape index (κ2) is 13.3. The van der Waals surface area contributed by atoms with Gasteiger partial charge < -0.3 is 30.3 Å². The van der Waals surface area contributed by atoms with E-state index in [9.17, 15) is 9.59 Å². The highest BCUT2D eigenvalue weighted by Gasteiger charge is 2.20. The summed E-state index contributed by atoms with van der Waals surface area (Å²) < 4.78 is 10.8. The number of nitrogens with zero attached hydrogens (tertiary/aromatic N) is 2. The van der Waals surface area contributed by atoms with Crippen LogP contribution in [0.1, 0.15) is 53.4 Å². The van der Waals surface area contributed by atoms with E-state index in [-0.39, 0.29) is 18.5 Å². The van der Waals surface area contributed by atoms with E-state index in [1.165, 1.54) is 4.90 Å². The largest absolute Gasteiger partial charge is 0.444 e. The lowest BCUT2D eigenvalue weighted by atomic mass is 10.1. The topological polar surface area (TPSA) is 104 Å². The molecule has 30 heavy (non-hydrogen) atoms. The highest BCUT2D eigenvalue weighted by Crippen LogP contribution is 2.10. The third-order valence-electron chi connectivity index (χ3n) is 4.59. The molecule has 0 radical (unpaired) electrons. The van der Waals surface area contributed by atoms with Crippen LogP contribution in [0.2, 0.25) is 0 Å². The van der Waals surface area contributed by atoms with Crippen molar-refractivity contribution < 1.29 is 19.1 Å². The monoisotopic (exact) mass is 427 g/mol. The van der Waals surface area contributed by atoms with Gasteiger partial charge in [-0.2, -0.15) is 0 Å². The van der Waals surface area contributed by atoms with Gasteiger partial charge in [0.05, 0.1) is 6.61 Å². The molecule has 0 spiro atoms. The summed E-state index contributed by atoms with van der Waals surface area (Å²) in [4.78, 5) is 30.0. The zero-order valence-electron chi connectivity index (χ0n) is 19.5. The minimum Gasteiger partial charge on any atom is -0.444 e. The number of nitrogens with one attached hydrogen (secondary N) is 3. The van der Waals surface area contributed by atoms with Crippen molar-refractivity contribution in [3.63, 3.8) is 0 Å². The number of carbonyl (C=O) groups excluding carboxylic acids is 2. The molecule has 1 saturated heterocycles. The molecule has 1 heterocycles. The zero-order valence-corrected chi connectivity index (χ0v) is 19.5. The summed E-state index contributed by atoms with van der Waals surface area (Å²) in [6.45, 7) is 10.3. The van der Waals surface area contributed by atoms with E-state index in [1.54, 1.807) is 14.1 Å². The summed E-state index contributed by atoms with van der Waals surface area (Å²) >= 11 is 0. The van der Waals surface area contributed by atoms with E-state index in [0.717, 1.165) is 45.4 Å². The highest BCUT2D eigenvalue weighted by molar-refractivity contribution is 5.85. The van der Waals surface area contributed by atoms with Gasteiger partial charge in [-0.05, 0) is 33.6 Å². The smallest absolute Gasteiger partial charge is 0.407 e. The number of hydrogen-bond acceptors (Lipinski definition) is 5. The van der Waals surface area contributed by atoms with Crippen molar-refractivity contribution in [3.8, 4) is 0 Å². The van der Waals surface area contributed by atoms with Crippen LogP contribution in [0.15, 0.2) is 4.99 Å². The number of aliphatic imine (C=N–C) groups is 1. The van der Waals surface area contributed by atoms with Crippen LogP contribution in [-0.4, -0.2) is 81.4 Å². The molecule has 1 aliphatic rings. The number of ether oxygens (including phenoxy) is 2. The van der Waals surface area contributed by atoms with Gasteiger partial charge in [-0.15, -0.1) is 0 Å². The van der Waals surface area contributed by atoms with Crippen LogP contribution in [-0.2, 0) is 14.3 Å². The molecule has 174 valence electrons. The molecule has 2 atom stereocenters. The Morgan fingerprint density at radius 1 is 1.27 bits per heavy atom. The van der Waals surface area contributed by atoms with Crippen molar-refractivity contribution in [1.29, 1.82) is 0 Å². The summed E-state index contributed by atoms with van der Waals surface area (Å²) in [5.74, 6) is 0.928. The Morgan fingerprint density at radius 3 is 2.57 bits per heavy atom. The first-order valence-corrected chi connectivity index (χ1v) is 10.9.